The van der Waals surface area contributed by atoms with Crippen LogP contribution in [-0.4, -0.2) is 15.3 Å². The third-order valence-electron chi connectivity index (χ3n) is 3.40. The fourth-order valence-electron chi connectivity index (χ4n) is 2.40. The molecule has 2 aromatic rings. The van der Waals surface area contributed by atoms with Crippen LogP contribution in [-0.2, 0) is 6.54 Å². The molecule has 0 amide bonds. The van der Waals surface area contributed by atoms with Gasteiger partial charge < -0.3 is 0 Å². The molecule has 0 unspecified atom stereocenters. The number of hydrogen-bond donors (Lipinski definition) is 1. The average molecular weight is 260 g/mol. The van der Waals surface area contributed by atoms with Gasteiger partial charge >= 0.3 is 5.69 Å². The Morgan fingerprint density at radius 3 is 2.84 bits per heavy atom. The molecule has 0 aliphatic carbocycles. The molecule has 1 N–H and O–H groups in total. The fraction of sp³-hybridized carbons (Fsp3) is 0.308. The standard InChI is InChI=1S/C13H13FN4O/c1-4-18-12-9-8(7(3)16-17-12)5-6(2)10(14)11(9)15-13(18)19/h5,17H,4H2,1-3H3. The number of aryl methyl sites for hydroxylation is 1. The Bertz CT molecular complexity index is 792. The van der Waals surface area contributed by atoms with Crippen LogP contribution < -0.4 is 11.1 Å². The first-order valence-corrected chi connectivity index (χ1v) is 6.09. The van der Waals surface area contributed by atoms with Crippen LogP contribution in [0.15, 0.2) is 16.0 Å². The van der Waals surface area contributed by atoms with Gasteiger partial charge in [0.1, 0.15) is 11.3 Å². The Hall–Kier alpha value is -2.24. The number of nitrogens with zero attached hydrogens (tertiary/aromatic N) is 3. The molecule has 0 bridgehead atoms. The third kappa shape index (κ3) is 1.49. The smallest absolute Gasteiger partial charge is 0.277 e. The zero-order valence-electron chi connectivity index (χ0n) is 10.9. The van der Waals surface area contributed by atoms with Crippen molar-refractivity contribution in [3.63, 3.8) is 0 Å². The summed E-state index contributed by atoms with van der Waals surface area (Å²) in [5.74, 6) is 0.0638. The summed E-state index contributed by atoms with van der Waals surface area (Å²) in [7, 11) is 0. The van der Waals surface area contributed by atoms with Crippen LogP contribution in [0.25, 0.3) is 10.9 Å². The van der Waals surface area contributed by atoms with Crippen molar-refractivity contribution in [1.82, 2.24) is 9.55 Å². The minimum atomic E-state index is -0.470. The summed E-state index contributed by atoms with van der Waals surface area (Å²) in [5.41, 5.74) is 4.51. The van der Waals surface area contributed by atoms with Crippen molar-refractivity contribution in [3.8, 4) is 0 Å². The number of halogens is 1. The minimum absolute atomic E-state index is 0.112. The Morgan fingerprint density at radius 2 is 2.16 bits per heavy atom. The maximum atomic E-state index is 14.2. The first kappa shape index (κ1) is 11.8. The highest BCUT2D eigenvalue weighted by Gasteiger charge is 2.22. The first-order valence-electron chi connectivity index (χ1n) is 6.09. The van der Waals surface area contributed by atoms with Crippen LogP contribution in [0.1, 0.15) is 25.0 Å². The maximum Gasteiger partial charge on any atom is 0.349 e. The number of rotatable bonds is 1. The second-order valence-electron chi connectivity index (χ2n) is 4.57. The SMILES string of the molecule is CCn1c2c3c(cc(C)c(F)c3nc1=O)C(C)=NN2. The number of hydrazone groups is 1. The van der Waals surface area contributed by atoms with Crippen molar-refractivity contribution in [3.05, 3.63) is 33.5 Å². The van der Waals surface area contributed by atoms with E-state index in [2.05, 4.69) is 15.5 Å². The largest absolute Gasteiger partial charge is 0.349 e. The fourth-order valence-corrected chi connectivity index (χ4v) is 2.40. The van der Waals surface area contributed by atoms with E-state index < -0.39 is 11.5 Å². The van der Waals surface area contributed by atoms with Gasteiger partial charge in [0, 0.05) is 12.1 Å². The van der Waals surface area contributed by atoms with Gasteiger partial charge in [-0.05, 0) is 32.4 Å². The molecule has 19 heavy (non-hydrogen) atoms. The number of aromatic nitrogens is 2. The second-order valence-corrected chi connectivity index (χ2v) is 4.57. The lowest BCUT2D eigenvalue weighted by atomic mass is 10.0. The average Bonchev–Trinajstić information content (AvgIpc) is 2.38. The van der Waals surface area contributed by atoms with E-state index in [1.54, 1.807) is 13.0 Å². The number of hydrogen-bond acceptors (Lipinski definition) is 4. The van der Waals surface area contributed by atoms with Gasteiger partial charge in [0.25, 0.3) is 0 Å². The molecule has 2 heterocycles. The van der Waals surface area contributed by atoms with Crippen molar-refractivity contribution in [2.45, 2.75) is 27.3 Å². The van der Waals surface area contributed by atoms with Crippen LogP contribution >= 0.6 is 0 Å². The topological polar surface area (TPSA) is 59.3 Å². The molecule has 1 aromatic heterocycles. The zero-order valence-corrected chi connectivity index (χ0v) is 10.9. The molecule has 0 saturated carbocycles. The molecule has 6 heteroatoms. The molecule has 1 aliphatic heterocycles. The Balaban J connectivity index is 2.59. The summed E-state index contributed by atoms with van der Waals surface area (Å²) in [6.07, 6.45) is 0. The Labute approximate surface area is 108 Å². The van der Waals surface area contributed by atoms with Crippen LogP contribution in [0.3, 0.4) is 0 Å². The van der Waals surface area contributed by atoms with E-state index >= 15 is 0 Å². The minimum Gasteiger partial charge on any atom is -0.277 e. The second kappa shape index (κ2) is 3.88. The highest BCUT2D eigenvalue weighted by molar-refractivity contribution is 6.14. The number of anilines is 1. The normalized spacial score (nSPS) is 13.4. The van der Waals surface area contributed by atoms with Gasteiger partial charge in [0.05, 0.1) is 11.1 Å². The Morgan fingerprint density at radius 1 is 1.42 bits per heavy atom. The van der Waals surface area contributed by atoms with E-state index in [4.69, 9.17) is 0 Å². The van der Waals surface area contributed by atoms with Crippen LogP contribution in [0, 0.1) is 12.7 Å². The lowest BCUT2D eigenvalue weighted by molar-refractivity contribution is 0.623. The summed E-state index contributed by atoms with van der Waals surface area (Å²) in [5, 5.41) is 4.80. The molecule has 1 aromatic carbocycles. The molecule has 5 nitrogen and oxygen atoms in total. The van der Waals surface area contributed by atoms with E-state index in [0.717, 1.165) is 11.3 Å². The van der Waals surface area contributed by atoms with Crippen molar-refractivity contribution < 1.29 is 4.39 Å². The molecule has 0 radical (unpaired) electrons. The molecule has 1 aliphatic rings. The van der Waals surface area contributed by atoms with Crippen molar-refractivity contribution in [1.29, 1.82) is 0 Å². The molecule has 0 fully saturated rings. The zero-order chi connectivity index (χ0) is 13.7. The van der Waals surface area contributed by atoms with Crippen LogP contribution in [0.4, 0.5) is 10.2 Å². The molecular weight excluding hydrogens is 247 g/mol. The van der Waals surface area contributed by atoms with Gasteiger partial charge in [0.2, 0.25) is 0 Å². The third-order valence-corrected chi connectivity index (χ3v) is 3.40. The van der Waals surface area contributed by atoms with Gasteiger partial charge in [-0.3, -0.25) is 9.99 Å². The predicted octanol–water partition coefficient (Wildman–Crippen LogP) is 2.01. The van der Waals surface area contributed by atoms with Crippen molar-refractivity contribution in [2.24, 2.45) is 5.10 Å². The molecule has 0 spiro atoms. The maximum absolute atomic E-state index is 14.2. The molecule has 0 saturated heterocycles. The van der Waals surface area contributed by atoms with Crippen molar-refractivity contribution in [2.75, 3.05) is 5.43 Å². The van der Waals surface area contributed by atoms with Gasteiger partial charge in [-0.25, -0.2) is 9.18 Å². The van der Waals surface area contributed by atoms with Crippen molar-refractivity contribution >= 4 is 22.4 Å². The number of nitrogens with one attached hydrogen (secondary N) is 1. The summed E-state index contributed by atoms with van der Waals surface area (Å²) in [4.78, 5) is 15.8. The lowest BCUT2D eigenvalue weighted by Crippen LogP contribution is -2.27. The predicted molar refractivity (Wildman–Crippen MR) is 72.2 cm³/mol. The monoisotopic (exact) mass is 260 g/mol. The summed E-state index contributed by atoms with van der Waals surface area (Å²) < 4.78 is 15.6. The molecule has 3 rings (SSSR count). The summed E-state index contributed by atoms with van der Waals surface area (Å²) in [6.45, 7) is 5.78. The van der Waals surface area contributed by atoms with Gasteiger partial charge in [-0.15, -0.1) is 0 Å². The molecular formula is C13H13FN4O. The molecule has 0 atom stereocenters. The van der Waals surface area contributed by atoms with Crippen LogP contribution in [0.5, 0.6) is 0 Å². The highest BCUT2D eigenvalue weighted by Crippen LogP contribution is 2.31. The van der Waals surface area contributed by atoms with Gasteiger partial charge in [-0.1, -0.05) is 0 Å². The summed E-state index contributed by atoms with van der Waals surface area (Å²) in [6, 6.07) is 1.74. The van der Waals surface area contributed by atoms with E-state index in [-0.39, 0.29) is 5.52 Å². The van der Waals surface area contributed by atoms with E-state index in [0.29, 0.717) is 23.3 Å². The van der Waals surface area contributed by atoms with E-state index in [1.807, 2.05) is 13.8 Å². The van der Waals surface area contributed by atoms with Crippen LogP contribution in [0.2, 0.25) is 0 Å². The number of benzene rings is 1. The quantitative estimate of drug-likeness (QED) is 0.853. The Kier molecular flexibility index (Phi) is 2.41. The summed E-state index contributed by atoms with van der Waals surface area (Å²) >= 11 is 0. The van der Waals surface area contributed by atoms with Gasteiger partial charge in [0.15, 0.2) is 5.82 Å². The molecule has 98 valence electrons. The first-order chi connectivity index (χ1) is 9.04. The lowest BCUT2D eigenvalue weighted by Gasteiger charge is -2.20. The highest BCUT2D eigenvalue weighted by atomic mass is 19.1. The van der Waals surface area contributed by atoms with E-state index in [1.165, 1.54) is 4.57 Å². The van der Waals surface area contributed by atoms with E-state index in [9.17, 15) is 9.18 Å². The van der Waals surface area contributed by atoms with Gasteiger partial charge in [-0.2, -0.15) is 10.1 Å².